The normalized spacial score (nSPS) is 29.9. The zero-order chi connectivity index (χ0) is 14.2. The lowest BCUT2D eigenvalue weighted by atomic mass is 9.71. The Labute approximate surface area is 127 Å². The van der Waals surface area contributed by atoms with Gasteiger partial charge >= 0.3 is 0 Å². The van der Waals surface area contributed by atoms with Crippen LogP contribution in [0.1, 0.15) is 42.5 Å². The number of rotatable bonds is 1. The molecule has 108 valence electrons. The first kappa shape index (κ1) is 14.0. The molecule has 0 spiro atoms. The van der Waals surface area contributed by atoms with Crippen LogP contribution >= 0.6 is 15.9 Å². The van der Waals surface area contributed by atoms with Gasteiger partial charge in [-0.15, -0.1) is 0 Å². The highest BCUT2D eigenvalue weighted by atomic mass is 79.9. The molecule has 3 rings (SSSR count). The summed E-state index contributed by atoms with van der Waals surface area (Å²) in [4.78, 5) is 18.5. The molecule has 20 heavy (non-hydrogen) atoms. The number of halogens is 1. The molecule has 1 saturated carbocycles. The molecule has 0 aromatic carbocycles. The molecule has 2 fully saturated rings. The van der Waals surface area contributed by atoms with Crippen molar-refractivity contribution in [3.63, 3.8) is 0 Å². The molecule has 2 unspecified atom stereocenters. The van der Waals surface area contributed by atoms with E-state index in [9.17, 15) is 9.90 Å². The molecular weight excluding hydrogens is 320 g/mol. The minimum atomic E-state index is -0.535. The Morgan fingerprint density at radius 3 is 3.00 bits per heavy atom. The molecule has 1 aromatic rings. The summed E-state index contributed by atoms with van der Waals surface area (Å²) in [5, 5.41) is 10.6. The van der Waals surface area contributed by atoms with Crippen LogP contribution in [0.2, 0.25) is 0 Å². The van der Waals surface area contributed by atoms with Crippen molar-refractivity contribution < 1.29 is 9.90 Å². The van der Waals surface area contributed by atoms with Gasteiger partial charge in [0, 0.05) is 25.2 Å². The van der Waals surface area contributed by atoms with Crippen molar-refractivity contribution in [2.45, 2.75) is 37.7 Å². The maximum absolute atomic E-state index is 12.5. The molecule has 1 saturated heterocycles. The van der Waals surface area contributed by atoms with Crippen LogP contribution in [0.4, 0.5) is 0 Å². The average molecular weight is 339 g/mol. The first-order chi connectivity index (χ1) is 9.58. The monoisotopic (exact) mass is 338 g/mol. The molecule has 0 radical (unpaired) electrons. The Morgan fingerprint density at radius 1 is 1.40 bits per heavy atom. The zero-order valence-corrected chi connectivity index (χ0v) is 13.0. The Balaban J connectivity index is 1.72. The van der Waals surface area contributed by atoms with Crippen LogP contribution in [0.15, 0.2) is 22.9 Å². The smallest absolute Gasteiger partial charge is 0.255 e. The maximum atomic E-state index is 12.5. The number of piperidine rings is 1. The SMILES string of the molecule is O=C(c1ccc(Br)nc1)N1CCC2(O)CCCCC2C1. The van der Waals surface area contributed by atoms with E-state index in [2.05, 4.69) is 20.9 Å². The molecule has 1 aliphatic heterocycles. The van der Waals surface area contributed by atoms with Crippen LogP contribution in [-0.4, -0.2) is 39.6 Å². The van der Waals surface area contributed by atoms with Gasteiger partial charge in [0.15, 0.2) is 0 Å². The fourth-order valence-electron chi connectivity index (χ4n) is 3.44. The molecule has 1 amide bonds. The van der Waals surface area contributed by atoms with Gasteiger partial charge in [-0.2, -0.15) is 0 Å². The highest BCUT2D eigenvalue weighted by molar-refractivity contribution is 9.10. The molecule has 0 bridgehead atoms. The van der Waals surface area contributed by atoms with Crippen molar-refractivity contribution in [3.8, 4) is 0 Å². The van der Waals surface area contributed by atoms with Gasteiger partial charge in [0.2, 0.25) is 0 Å². The number of carbonyl (C=O) groups excluding carboxylic acids is 1. The van der Waals surface area contributed by atoms with E-state index in [4.69, 9.17) is 0 Å². The van der Waals surface area contributed by atoms with Crippen LogP contribution < -0.4 is 0 Å². The van der Waals surface area contributed by atoms with Crippen molar-refractivity contribution in [1.29, 1.82) is 0 Å². The Morgan fingerprint density at radius 2 is 2.25 bits per heavy atom. The third-order valence-electron chi connectivity index (χ3n) is 4.69. The molecule has 1 aromatic heterocycles. The topological polar surface area (TPSA) is 53.4 Å². The van der Waals surface area contributed by atoms with Crippen molar-refractivity contribution in [3.05, 3.63) is 28.5 Å². The number of aliphatic hydroxyl groups is 1. The van der Waals surface area contributed by atoms with Gasteiger partial charge in [-0.05, 0) is 47.3 Å². The number of aromatic nitrogens is 1. The second-order valence-electron chi connectivity index (χ2n) is 5.92. The van der Waals surface area contributed by atoms with Crippen LogP contribution in [0, 0.1) is 5.92 Å². The number of likely N-dealkylation sites (tertiary alicyclic amines) is 1. The minimum absolute atomic E-state index is 0.0256. The van der Waals surface area contributed by atoms with Crippen molar-refractivity contribution in [2.75, 3.05) is 13.1 Å². The molecular formula is C15H19BrN2O2. The summed E-state index contributed by atoms with van der Waals surface area (Å²) >= 11 is 3.27. The molecule has 2 aliphatic rings. The molecule has 4 nitrogen and oxygen atoms in total. The Bertz CT molecular complexity index is 505. The quantitative estimate of drug-likeness (QED) is 0.801. The van der Waals surface area contributed by atoms with E-state index in [0.717, 1.165) is 30.3 Å². The predicted octanol–water partition coefficient (Wildman–Crippen LogP) is 2.61. The summed E-state index contributed by atoms with van der Waals surface area (Å²) < 4.78 is 0.731. The first-order valence-corrected chi connectivity index (χ1v) is 8.01. The average Bonchev–Trinajstić information content (AvgIpc) is 2.46. The van der Waals surface area contributed by atoms with E-state index < -0.39 is 5.60 Å². The van der Waals surface area contributed by atoms with Crippen LogP contribution in [-0.2, 0) is 0 Å². The zero-order valence-electron chi connectivity index (χ0n) is 11.4. The standard InChI is InChI=1S/C15H19BrN2O2/c16-13-5-4-11(9-17-13)14(19)18-8-7-15(20)6-2-1-3-12(15)10-18/h4-5,9,12,20H,1-3,6-8,10H2. The summed E-state index contributed by atoms with van der Waals surface area (Å²) in [5.74, 6) is 0.259. The number of fused-ring (bicyclic) bond motifs is 1. The van der Waals surface area contributed by atoms with Gasteiger partial charge in [-0.1, -0.05) is 12.8 Å². The van der Waals surface area contributed by atoms with Gasteiger partial charge in [0.1, 0.15) is 4.60 Å². The molecule has 5 heteroatoms. The van der Waals surface area contributed by atoms with Crippen LogP contribution in [0.5, 0.6) is 0 Å². The third kappa shape index (κ3) is 2.61. The van der Waals surface area contributed by atoms with Crippen molar-refractivity contribution >= 4 is 21.8 Å². The summed E-state index contributed by atoms with van der Waals surface area (Å²) in [5.41, 5.74) is 0.0851. The number of pyridine rings is 1. The summed E-state index contributed by atoms with van der Waals surface area (Å²) in [7, 11) is 0. The number of nitrogens with zero attached hydrogens (tertiary/aromatic N) is 2. The summed E-state index contributed by atoms with van der Waals surface area (Å²) in [6.45, 7) is 1.31. The number of amides is 1. The van der Waals surface area contributed by atoms with Gasteiger partial charge in [0.05, 0.1) is 11.2 Å². The minimum Gasteiger partial charge on any atom is -0.389 e. The number of hydrogen-bond acceptors (Lipinski definition) is 3. The van der Waals surface area contributed by atoms with E-state index in [1.54, 1.807) is 18.3 Å². The predicted molar refractivity (Wildman–Crippen MR) is 79.4 cm³/mol. The largest absolute Gasteiger partial charge is 0.389 e. The maximum Gasteiger partial charge on any atom is 0.255 e. The van der Waals surface area contributed by atoms with Gasteiger partial charge in [-0.3, -0.25) is 4.79 Å². The van der Waals surface area contributed by atoms with E-state index in [1.165, 1.54) is 0 Å². The van der Waals surface area contributed by atoms with E-state index in [0.29, 0.717) is 25.1 Å². The molecule has 2 heterocycles. The van der Waals surface area contributed by atoms with E-state index in [1.807, 2.05) is 4.90 Å². The molecule has 1 aliphatic carbocycles. The van der Waals surface area contributed by atoms with Crippen molar-refractivity contribution in [2.24, 2.45) is 5.92 Å². The number of carbonyl (C=O) groups is 1. The molecule has 1 N–H and O–H groups in total. The van der Waals surface area contributed by atoms with Crippen LogP contribution in [0.3, 0.4) is 0 Å². The second kappa shape index (κ2) is 5.45. The fourth-order valence-corrected chi connectivity index (χ4v) is 3.67. The first-order valence-electron chi connectivity index (χ1n) is 7.22. The lowest BCUT2D eigenvalue weighted by Crippen LogP contribution is -2.54. The van der Waals surface area contributed by atoms with Crippen LogP contribution in [0.25, 0.3) is 0 Å². The number of hydrogen-bond donors (Lipinski definition) is 1. The van der Waals surface area contributed by atoms with Gasteiger partial charge in [-0.25, -0.2) is 4.98 Å². The van der Waals surface area contributed by atoms with Gasteiger partial charge in [0.25, 0.3) is 5.91 Å². The fraction of sp³-hybridized carbons (Fsp3) is 0.600. The highest BCUT2D eigenvalue weighted by Crippen LogP contribution is 2.39. The van der Waals surface area contributed by atoms with Gasteiger partial charge < -0.3 is 10.0 Å². The second-order valence-corrected chi connectivity index (χ2v) is 6.73. The van der Waals surface area contributed by atoms with E-state index >= 15 is 0 Å². The molecule has 2 atom stereocenters. The Kier molecular flexibility index (Phi) is 3.82. The van der Waals surface area contributed by atoms with E-state index in [-0.39, 0.29) is 11.8 Å². The lowest BCUT2D eigenvalue weighted by Gasteiger charge is -2.47. The summed E-state index contributed by atoms with van der Waals surface area (Å²) in [6, 6.07) is 3.58. The third-order valence-corrected chi connectivity index (χ3v) is 5.16. The van der Waals surface area contributed by atoms with Crippen molar-refractivity contribution in [1.82, 2.24) is 9.88 Å². The highest BCUT2D eigenvalue weighted by Gasteiger charge is 2.43. The Hall–Kier alpha value is -0.940. The summed E-state index contributed by atoms with van der Waals surface area (Å²) in [6.07, 6.45) is 6.49. The lowest BCUT2D eigenvalue weighted by molar-refractivity contribution is -0.0886.